The summed E-state index contributed by atoms with van der Waals surface area (Å²) in [5, 5.41) is 0. The second kappa shape index (κ2) is 8.76. The van der Waals surface area contributed by atoms with Crippen molar-refractivity contribution in [3.8, 4) is 0 Å². The van der Waals surface area contributed by atoms with Crippen molar-refractivity contribution in [1.82, 2.24) is 4.98 Å². The van der Waals surface area contributed by atoms with Gasteiger partial charge < -0.3 is 9.47 Å². The van der Waals surface area contributed by atoms with Gasteiger partial charge in [-0.1, -0.05) is 42.5 Å². The first-order chi connectivity index (χ1) is 11.8. The third-order valence-corrected chi connectivity index (χ3v) is 4.22. The summed E-state index contributed by atoms with van der Waals surface area (Å²) < 4.78 is 11.3. The topological polar surface area (TPSA) is 31.4 Å². The van der Waals surface area contributed by atoms with Crippen molar-refractivity contribution in [3.05, 3.63) is 71.6 Å². The van der Waals surface area contributed by atoms with E-state index < -0.39 is 0 Å². The van der Waals surface area contributed by atoms with Crippen molar-refractivity contribution in [2.24, 2.45) is 0 Å². The predicted molar refractivity (Wildman–Crippen MR) is 96.7 cm³/mol. The largest absolute Gasteiger partial charge is 0.377 e. The smallest absolute Gasteiger partial charge is 0.0733 e. The van der Waals surface area contributed by atoms with Gasteiger partial charge >= 0.3 is 0 Å². The summed E-state index contributed by atoms with van der Waals surface area (Å²) in [4.78, 5) is 4.60. The highest BCUT2D eigenvalue weighted by molar-refractivity contribution is 5.66. The maximum absolute atomic E-state index is 5.72. The van der Waals surface area contributed by atoms with Crippen LogP contribution in [0, 0.1) is 0 Å². The van der Waals surface area contributed by atoms with Gasteiger partial charge in [0, 0.05) is 18.5 Å². The molecular weight excluding hydrogens is 298 g/mol. The molecular formula is C21H25NO2. The van der Waals surface area contributed by atoms with Gasteiger partial charge in [0.1, 0.15) is 0 Å². The number of hydrogen-bond acceptors (Lipinski definition) is 3. The molecule has 2 heterocycles. The van der Waals surface area contributed by atoms with Gasteiger partial charge in [-0.05, 0) is 49.0 Å². The zero-order valence-electron chi connectivity index (χ0n) is 14.3. The monoisotopic (exact) mass is 323 g/mol. The minimum Gasteiger partial charge on any atom is -0.377 e. The van der Waals surface area contributed by atoms with Gasteiger partial charge in [0.05, 0.1) is 19.3 Å². The molecule has 126 valence electrons. The average molecular weight is 323 g/mol. The molecule has 3 nitrogen and oxygen atoms in total. The van der Waals surface area contributed by atoms with Crippen LogP contribution in [0.4, 0.5) is 0 Å². The van der Waals surface area contributed by atoms with Crippen LogP contribution in [0.3, 0.4) is 0 Å². The molecule has 1 aliphatic heterocycles. The molecule has 0 saturated carbocycles. The highest BCUT2D eigenvalue weighted by Crippen LogP contribution is 2.23. The first-order valence-electron chi connectivity index (χ1n) is 8.70. The van der Waals surface area contributed by atoms with E-state index in [1.807, 2.05) is 24.4 Å². The number of ether oxygens (including phenoxy) is 2. The molecule has 1 unspecified atom stereocenters. The van der Waals surface area contributed by atoms with E-state index in [1.54, 1.807) is 0 Å². The second-order valence-corrected chi connectivity index (χ2v) is 6.20. The van der Waals surface area contributed by atoms with Crippen LogP contribution in [0.15, 0.2) is 54.7 Å². The van der Waals surface area contributed by atoms with Crippen LogP contribution in [0.5, 0.6) is 0 Å². The highest BCUT2D eigenvalue weighted by Gasteiger charge is 2.11. The summed E-state index contributed by atoms with van der Waals surface area (Å²) in [6.45, 7) is 4.32. The van der Waals surface area contributed by atoms with Crippen LogP contribution in [-0.2, 0) is 22.5 Å². The molecule has 3 rings (SSSR count). The van der Waals surface area contributed by atoms with Crippen LogP contribution in [0.25, 0.3) is 5.57 Å². The summed E-state index contributed by atoms with van der Waals surface area (Å²) >= 11 is 0. The lowest BCUT2D eigenvalue weighted by molar-refractivity contribution is 0.0951. The third kappa shape index (κ3) is 5.02. The van der Waals surface area contributed by atoms with Gasteiger partial charge in [0.25, 0.3) is 0 Å². The van der Waals surface area contributed by atoms with Crippen LogP contribution in [0.2, 0.25) is 0 Å². The number of rotatable bonds is 7. The Balaban J connectivity index is 1.41. The Labute approximate surface area is 144 Å². The van der Waals surface area contributed by atoms with Crippen molar-refractivity contribution in [2.75, 3.05) is 13.2 Å². The van der Waals surface area contributed by atoms with E-state index in [0.29, 0.717) is 6.61 Å². The zero-order valence-corrected chi connectivity index (χ0v) is 14.3. The van der Waals surface area contributed by atoms with Crippen molar-refractivity contribution in [2.45, 2.75) is 38.9 Å². The molecule has 1 aliphatic rings. The Morgan fingerprint density at radius 3 is 2.79 bits per heavy atom. The fourth-order valence-electron chi connectivity index (χ4n) is 2.89. The predicted octanol–water partition coefficient (Wildman–Crippen LogP) is 4.42. The van der Waals surface area contributed by atoms with Gasteiger partial charge in [0.2, 0.25) is 0 Å². The minimum absolute atomic E-state index is 0.204. The lowest BCUT2D eigenvalue weighted by Crippen LogP contribution is -2.13. The van der Waals surface area contributed by atoms with Crippen molar-refractivity contribution < 1.29 is 9.47 Å². The van der Waals surface area contributed by atoms with E-state index in [1.165, 1.54) is 16.7 Å². The highest BCUT2D eigenvalue weighted by atomic mass is 16.5. The zero-order chi connectivity index (χ0) is 16.6. The van der Waals surface area contributed by atoms with Crippen molar-refractivity contribution >= 4 is 5.57 Å². The molecule has 0 radical (unpaired) electrons. The summed E-state index contributed by atoms with van der Waals surface area (Å²) in [7, 11) is 0. The maximum atomic E-state index is 5.72. The van der Waals surface area contributed by atoms with Crippen molar-refractivity contribution in [1.29, 1.82) is 0 Å². The first-order valence-corrected chi connectivity index (χ1v) is 8.70. The third-order valence-electron chi connectivity index (χ3n) is 4.22. The Morgan fingerprint density at radius 2 is 2.04 bits per heavy atom. The van der Waals surface area contributed by atoms with Crippen LogP contribution in [-0.4, -0.2) is 24.3 Å². The lowest BCUT2D eigenvalue weighted by atomic mass is 10.0. The van der Waals surface area contributed by atoms with E-state index in [9.17, 15) is 0 Å². The second-order valence-electron chi connectivity index (χ2n) is 6.20. The van der Waals surface area contributed by atoms with Gasteiger partial charge in [0.15, 0.2) is 0 Å². The Morgan fingerprint density at radius 1 is 1.17 bits per heavy atom. The van der Waals surface area contributed by atoms with E-state index in [2.05, 4.69) is 42.2 Å². The Hall–Kier alpha value is -1.97. The molecule has 0 amide bonds. The fourth-order valence-corrected chi connectivity index (χ4v) is 2.89. The molecule has 1 aromatic heterocycles. The fraction of sp³-hybridized carbons (Fsp3) is 0.381. The summed E-state index contributed by atoms with van der Waals surface area (Å²) in [5.74, 6) is 0. The standard InChI is InChI=1S/C21H25NO2/c1-17-14-19(11-13-24-17)20-9-10-21(22-15-20)8-5-12-23-16-18-6-3-2-4-7-18/h2-4,6-7,9-10,14-15,17H,5,8,11-13,16H2,1H3. The molecule has 0 N–H and O–H groups in total. The maximum Gasteiger partial charge on any atom is 0.0733 e. The molecule has 24 heavy (non-hydrogen) atoms. The summed E-state index contributed by atoms with van der Waals surface area (Å²) in [6, 6.07) is 14.6. The summed E-state index contributed by atoms with van der Waals surface area (Å²) in [6.07, 6.45) is 7.30. The molecule has 0 saturated heterocycles. The number of benzene rings is 1. The molecule has 0 fully saturated rings. The van der Waals surface area contributed by atoms with Gasteiger partial charge in [-0.15, -0.1) is 0 Å². The van der Waals surface area contributed by atoms with Gasteiger partial charge in [-0.2, -0.15) is 0 Å². The molecule has 0 bridgehead atoms. The molecule has 1 aromatic carbocycles. The van der Waals surface area contributed by atoms with Crippen LogP contribution in [0.1, 0.15) is 36.6 Å². The Bertz CT molecular complexity index is 649. The van der Waals surface area contributed by atoms with Crippen molar-refractivity contribution in [3.63, 3.8) is 0 Å². The average Bonchev–Trinajstić information content (AvgIpc) is 2.63. The van der Waals surface area contributed by atoms with Gasteiger partial charge in [-0.3, -0.25) is 4.98 Å². The molecule has 3 heteroatoms. The number of hydrogen-bond donors (Lipinski definition) is 0. The van der Waals surface area contributed by atoms with E-state index in [-0.39, 0.29) is 6.10 Å². The molecule has 2 aromatic rings. The van der Waals surface area contributed by atoms with Crippen LogP contribution < -0.4 is 0 Å². The van der Waals surface area contributed by atoms with E-state index >= 15 is 0 Å². The molecule has 0 aliphatic carbocycles. The minimum atomic E-state index is 0.204. The SMILES string of the molecule is CC1C=C(c2ccc(CCCOCc3ccccc3)nc2)CCO1. The summed E-state index contributed by atoms with van der Waals surface area (Å²) in [5.41, 5.74) is 4.91. The molecule has 0 spiro atoms. The number of pyridine rings is 1. The quantitative estimate of drug-likeness (QED) is 0.707. The number of aromatic nitrogens is 1. The molecule has 1 atom stereocenters. The van der Waals surface area contributed by atoms with Crippen LogP contribution >= 0.6 is 0 Å². The number of aryl methyl sites for hydroxylation is 1. The first kappa shape index (κ1) is 16.9. The number of nitrogens with zero attached hydrogens (tertiary/aromatic N) is 1. The Kier molecular flexibility index (Phi) is 6.16. The van der Waals surface area contributed by atoms with Gasteiger partial charge in [-0.25, -0.2) is 0 Å². The van der Waals surface area contributed by atoms with E-state index in [4.69, 9.17) is 9.47 Å². The lowest BCUT2D eigenvalue weighted by Gasteiger charge is -2.19. The normalized spacial score (nSPS) is 17.5. The van der Waals surface area contributed by atoms with E-state index in [0.717, 1.165) is 38.2 Å².